The number of hydrogen-bond donors (Lipinski definition) is 1. The van der Waals surface area contributed by atoms with Crippen LogP contribution in [0.1, 0.15) is 6.92 Å². The van der Waals surface area contributed by atoms with E-state index in [-0.39, 0.29) is 16.7 Å². The second-order valence-corrected chi connectivity index (χ2v) is 5.76. The van der Waals surface area contributed by atoms with Crippen molar-refractivity contribution in [2.75, 3.05) is 20.8 Å². The number of phenols is 1. The van der Waals surface area contributed by atoms with Gasteiger partial charge in [0.15, 0.2) is 0 Å². The smallest absolute Gasteiger partial charge is 0.246 e. The summed E-state index contributed by atoms with van der Waals surface area (Å²) in [5.74, 6) is -0.246. The largest absolute Gasteiger partial charge is 0.507 e. The molecule has 1 atom stereocenters. The second-order valence-electron chi connectivity index (χ2n) is 3.79. The second kappa shape index (κ2) is 5.48. The number of aromatic hydroxyl groups is 1. The molecule has 1 rings (SSSR count). The average molecular weight is 259 g/mol. The molecule has 0 aliphatic rings. The van der Waals surface area contributed by atoms with Gasteiger partial charge in [-0.2, -0.15) is 4.31 Å². The van der Waals surface area contributed by atoms with Crippen LogP contribution in [0.15, 0.2) is 29.2 Å². The Kier molecular flexibility index (Phi) is 4.50. The Morgan fingerprint density at radius 3 is 2.53 bits per heavy atom. The number of methoxy groups -OCH3 is 1. The van der Waals surface area contributed by atoms with E-state index < -0.39 is 10.0 Å². The van der Waals surface area contributed by atoms with Crippen molar-refractivity contribution in [1.29, 1.82) is 0 Å². The molecule has 0 bridgehead atoms. The molecule has 0 saturated heterocycles. The van der Waals surface area contributed by atoms with Crippen LogP contribution in [-0.4, -0.2) is 44.6 Å². The Balaban J connectivity index is 3.08. The van der Waals surface area contributed by atoms with E-state index in [0.717, 1.165) is 0 Å². The maximum atomic E-state index is 12.2. The van der Waals surface area contributed by atoms with E-state index in [1.807, 2.05) is 0 Å². The Labute approximate surface area is 102 Å². The Bertz CT molecular complexity index is 472. The van der Waals surface area contributed by atoms with Gasteiger partial charge in [-0.25, -0.2) is 8.42 Å². The third-order valence-electron chi connectivity index (χ3n) is 2.55. The molecule has 1 aromatic carbocycles. The van der Waals surface area contributed by atoms with Gasteiger partial charge in [0.1, 0.15) is 10.6 Å². The van der Waals surface area contributed by atoms with Gasteiger partial charge in [-0.3, -0.25) is 0 Å². The van der Waals surface area contributed by atoms with Gasteiger partial charge in [-0.15, -0.1) is 0 Å². The summed E-state index contributed by atoms with van der Waals surface area (Å²) < 4.78 is 30.5. The fourth-order valence-electron chi connectivity index (χ4n) is 1.41. The molecule has 0 aromatic heterocycles. The maximum Gasteiger partial charge on any atom is 0.246 e. The van der Waals surface area contributed by atoms with Crippen molar-refractivity contribution in [3.8, 4) is 5.75 Å². The van der Waals surface area contributed by atoms with Crippen LogP contribution in [0.25, 0.3) is 0 Å². The molecule has 0 amide bonds. The van der Waals surface area contributed by atoms with Gasteiger partial charge in [-0.05, 0) is 19.1 Å². The number of hydrogen-bond acceptors (Lipinski definition) is 4. The molecule has 0 saturated carbocycles. The zero-order valence-corrected chi connectivity index (χ0v) is 10.9. The highest BCUT2D eigenvalue weighted by Gasteiger charge is 2.27. The number of ether oxygens (including phenoxy) is 1. The molecule has 0 spiro atoms. The van der Waals surface area contributed by atoms with Crippen molar-refractivity contribution in [3.05, 3.63) is 24.3 Å². The lowest BCUT2D eigenvalue weighted by Crippen LogP contribution is -2.37. The van der Waals surface area contributed by atoms with Crippen LogP contribution >= 0.6 is 0 Å². The summed E-state index contributed by atoms with van der Waals surface area (Å²) in [6, 6.07) is 5.57. The molecule has 0 radical (unpaired) electrons. The van der Waals surface area contributed by atoms with Crippen molar-refractivity contribution in [3.63, 3.8) is 0 Å². The molecule has 0 aliphatic heterocycles. The van der Waals surface area contributed by atoms with Crippen LogP contribution in [0, 0.1) is 0 Å². The highest BCUT2D eigenvalue weighted by molar-refractivity contribution is 7.89. The van der Waals surface area contributed by atoms with E-state index in [1.54, 1.807) is 19.1 Å². The highest BCUT2D eigenvalue weighted by atomic mass is 32.2. The van der Waals surface area contributed by atoms with E-state index in [2.05, 4.69) is 0 Å². The summed E-state index contributed by atoms with van der Waals surface area (Å²) in [6.07, 6.45) is 0. The first-order valence-electron chi connectivity index (χ1n) is 5.16. The molecular weight excluding hydrogens is 242 g/mol. The van der Waals surface area contributed by atoms with Crippen LogP contribution in [0.2, 0.25) is 0 Å². The van der Waals surface area contributed by atoms with Crippen molar-refractivity contribution in [2.45, 2.75) is 17.9 Å². The third kappa shape index (κ3) is 2.96. The number of nitrogens with zero attached hydrogens (tertiary/aromatic N) is 1. The predicted molar refractivity (Wildman–Crippen MR) is 64.4 cm³/mol. The molecule has 0 aliphatic carbocycles. The topological polar surface area (TPSA) is 66.8 Å². The summed E-state index contributed by atoms with van der Waals surface area (Å²) in [5, 5.41) is 9.57. The molecule has 0 fully saturated rings. The number of rotatable bonds is 5. The molecule has 5 nitrogen and oxygen atoms in total. The Hall–Kier alpha value is -1.11. The molecule has 96 valence electrons. The number of para-hydroxylation sites is 1. The molecule has 1 unspecified atom stereocenters. The highest BCUT2D eigenvalue weighted by Crippen LogP contribution is 2.25. The van der Waals surface area contributed by atoms with Crippen LogP contribution in [0.5, 0.6) is 5.75 Å². The van der Waals surface area contributed by atoms with Gasteiger partial charge in [0, 0.05) is 20.2 Å². The molecular formula is C11H17NO4S. The first-order valence-corrected chi connectivity index (χ1v) is 6.60. The van der Waals surface area contributed by atoms with Gasteiger partial charge in [0.05, 0.1) is 6.61 Å². The van der Waals surface area contributed by atoms with Crippen molar-refractivity contribution >= 4 is 10.0 Å². The van der Waals surface area contributed by atoms with Crippen LogP contribution in [0.3, 0.4) is 0 Å². The molecule has 1 aromatic rings. The quantitative estimate of drug-likeness (QED) is 0.858. The summed E-state index contributed by atoms with van der Waals surface area (Å²) >= 11 is 0. The van der Waals surface area contributed by atoms with Crippen LogP contribution in [0.4, 0.5) is 0 Å². The normalized spacial score (nSPS) is 13.9. The minimum atomic E-state index is -3.69. The maximum absolute atomic E-state index is 12.2. The van der Waals surface area contributed by atoms with Gasteiger partial charge < -0.3 is 9.84 Å². The van der Waals surface area contributed by atoms with Crippen LogP contribution in [-0.2, 0) is 14.8 Å². The van der Waals surface area contributed by atoms with E-state index in [9.17, 15) is 13.5 Å². The fraction of sp³-hybridized carbons (Fsp3) is 0.455. The lowest BCUT2D eigenvalue weighted by atomic mass is 10.3. The number of phenolic OH excluding ortho intramolecular Hbond substituents is 1. The van der Waals surface area contributed by atoms with Crippen molar-refractivity contribution in [1.82, 2.24) is 4.31 Å². The number of sulfonamides is 1. The minimum Gasteiger partial charge on any atom is -0.507 e. The van der Waals surface area contributed by atoms with Crippen molar-refractivity contribution < 1.29 is 18.3 Å². The van der Waals surface area contributed by atoms with Gasteiger partial charge in [-0.1, -0.05) is 12.1 Å². The summed E-state index contributed by atoms with van der Waals surface area (Å²) in [7, 11) is -0.713. The zero-order valence-electron chi connectivity index (χ0n) is 10.1. The lowest BCUT2D eigenvalue weighted by molar-refractivity contribution is 0.149. The summed E-state index contributed by atoms with van der Waals surface area (Å²) in [4.78, 5) is -0.0922. The van der Waals surface area contributed by atoms with Gasteiger partial charge in [0.2, 0.25) is 10.0 Å². The summed E-state index contributed by atoms with van der Waals surface area (Å²) in [5.41, 5.74) is 0. The fourth-order valence-corrected chi connectivity index (χ4v) is 2.84. The zero-order chi connectivity index (χ0) is 13.1. The summed E-state index contributed by atoms with van der Waals surface area (Å²) in [6.45, 7) is 2.03. The van der Waals surface area contributed by atoms with Gasteiger partial charge >= 0.3 is 0 Å². The third-order valence-corrected chi connectivity index (χ3v) is 4.57. The standard InChI is InChI=1S/C11H17NO4S/c1-9(8-16-3)12(2)17(14,15)11-7-5-4-6-10(11)13/h4-7,9,13H,8H2,1-3H3. The lowest BCUT2D eigenvalue weighted by Gasteiger charge is -2.23. The number of benzene rings is 1. The predicted octanol–water partition coefficient (Wildman–Crippen LogP) is 1.05. The molecule has 17 heavy (non-hydrogen) atoms. The first kappa shape index (κ1) is 14.0. The van der Waals surface area contributed by atoms with Crippen molar-refractivity contribution in [2.24, 2.45) is 0 Å². The Morgan fingerprint density at radius 1 is 1.41 bits per heavy atom. The first-order chi connectivity index (χ1) is 7.91. The van der Waals surface area contributed by atoms with Crippen LogP contribution < -0.4 is 0 Å². The minimum absolute atomic E-state index is 0.0922. The average Bonchev–Trinajstić information content (AvgIpc) is 2.28. The van der Waals surface area contributed by atoms with Gasteiger partial charge in [0.25, 0.3) is 0 Å². The van der Waals surface area contributed by atoms with E-state index in [1.165, 1.54) is 30.6 Å². The Morgan fingerprint density at radius 2 is 2.00 bits per heavy atom. The van der Waals surface area contributed by atoms with E-state index in [4.69, 9.17) is 4.74 Å². The SMILES string of the molecule is COCC(C)N(C)S(=O)(=O)c1ccccc1O. The molecule has 6 heteroatoms. The molecule has 0 heterocycles. The number of likely N-dealkylation sites (N-methyl/N-ethyl adjacent to an activating group) is 1. The van der Waals surface area contributed by atoms with E-state index in [0.29, 0.717) is 6.61 Å². The monoisotopic (exact) mass is 259 g/mol. The van der Waals surface area contributed by atoms with E-state index >= 15 is 0 Å². The molecule has 1 N–H and O–H groups in total.